The van der Waals surface area contributed by atoms with Crippen molar-refractivity contribution in [3.63, 3.8) is 0 Å². The van der Waals surface area contributed by atoms with Crippen LogP contribution in [0.1, 0.15) is 30.9 Å². The molecule has 0 aliphatic carbocycles. The van der Waals surface area contributed by atoms with E-state index in [0.29, 0.717) is 11.3 Å². The number of unbranched alkanes of at least 4 members (excludes halogenated alkanes) is 1. The van der Waals surface area contributed by atoms with Gasteiger partial charge in [0.2, 0.25) is 0 Å². The molecule has 0 spiro atoms. The molecule has 0 fully saturated rings. The lowest BCUT2D eigenvalue weighted by Crippen LogP contribution is -2.19. The molecule has 0 heterocycles. The summed E-state index contributed by atoms with van der Waals surface area (Å²) in [5.41, 5.74) is 2.64. The highest BCUT2D eigenvalue weighted by Crippen LogP contribution is 2.23. The summed E-state index contributed by atoms with van der Waals surface area (Å²) in [4.78, 5) is 24.8. The zero-order valence-electron chi connectivity index (χ0n) is 16.0. The first-order valence-corrected chi connectivity index (χ1v) is 8.93. The lowest BCUT2D eigenvalue weighted by molar-refractivity contribution is -0.137. The largest absolute Gasteiger partial charge is 0.465 e. The molecule has 5 nitrogen and oxygen atoms in total. The van der Waals surface area contributed by atoms with E-state index < -0.39 is 11.9 Å². The molecular weight excluding hydrogens is 342 g/mol. The highest BCUT2D eigenvalue weighted by Gasteiger charge is 2.24. The number of esters is 2. The van der Waals surface area contributed by atoms with E-state index in [1.165, 1.54) is 19.8 Å². The van der Waals surface area contributed by atoms with Crippen molar-refractivity contribution in [3.05, 3.63) is 71.4 Å². The van der Waals surface area contributed by atoms with E-state index in [-0.39, 0.29) is 11.3 Å². The zero-order chi connectivity index (χ0) is 19.6. The van der Waals surface area contributed by atoms with E-state index in [4.69, 9.17) is 9.47 Å². The standard InChI is InChI=1S/C22H25NO4/c1-4-5-9-16-12-14-18(15-13-16)23-20(22(25)27-3)19(21(24)26-2)17-10-7-6-8-11-17/h6-8,10-15,23H,4-5,9H2,1-3H3/b20-19-. The maximum Gasteiger partial charge on any atom is 0.355 e. The van der Waals surface area contributed by atoms with Crippen LogP contribution >= 0.6 is 0 Å². The molecule has 0 aromatic heterocycles. The van der Waals surface area contributed by atoms with Gasteiger partial charge in [0.15, 0.2) is 0 Å². The third-order valence-corrected chi connectivity index (χ3v) is 4.13. The van der Waals surface area contributed by atoms with Gasteiger partial charge in [0.1, 0.15) is 5.70 Å². The number of carbonyl (C=O) groups excluding carboxylic acids is 2. The Morgan fingerprint density at radius 2 is 1.52 bits per heavy atom. The maximum atomic E-state index is 12.4. The van der Waals surface area contributed by atoms with Crippen LogP contribution in [-0.2, 0) is 25.5 Å². The van der Waals surface area contributed by atoms with Crippen molar-refractivity contribution < 1.29 is 19.1 Å². The molecule has 2 aromatic carbocycles. The fourth-order valence-corrected chi connectivity index (χ4v) is 2.67. The number of rotatable bonds is 8. The Kier molecular flexibility index (Phi) is 7.62. The van der Waals surface area contributed by atoms with Crippen LogP contribution in [-0.4, -0.2) is 26.2 Å². The van der Waals surface area contributed by atoms with Crippen LogP contribution in [0.5, 0.6) is 0 Å². The first-order valence-electron chi connectivity index (χ1n) is 8.93. The molecule has 1 N–H and O–H groups in total. The molecule has 0 radical (unpaired) electrons. The van der Waals surface area contributed by atoms with Gasteiger partial charge in [-0.25, -0.2) is 9.59 Å². The van der Waals surface area contributed by atoms with Gasteiger partial charge >= 0.3 is 11.9 Å². The average molecular weight is 367 g/mol. The van der Waals surface area contributed by atoms with Crippen LogP contribution in [0, 0.1) is 0 Å². The molecule has 27 heavy (non-hydrogen) atoms. The van der Waals surface area contributed by atoms with E-state index in [1.54, 1.807) is 24.3 Å². The van der Waals surface area contributed by atoms with Crippen LogP contribution in [0.4, 0.5) is 5.69 Å². The lowest BCUT2D eigenvalue weighted by Gasteiger charge is -2.15. The van der Waals surface area contributed by atoms with Crippen molar-refractivity contribution in [2.24, 2.45) is 0 Å². The number of benzene rings is 2. The molecular formula is C22H25NO4. The lowest BCUT2D eigenvalue weighted by atomic mass is 10.0. The molecule has 2 rings (SSSR count). The van der Waals surface area contributed by atoms with Gasteiger partial charge in [0.25, 0.3) is 0 Å². The second-order valence-electron chi connectivity index (χ2n) is 6.02. The van der Waals surface area contributed by atoms with Gasteiger partial charge in [-0.05, 0) is 36.1 Å². The second-order valence-corrected chi connectivity index (χ2v) is 6.02. The van der Waals surface area contributed by atoms with Gasteiger partial charge < -0.3 is 14.8 Å². The average Bonchev–Trinajstić information content (AvgIpc) is 2.72. The number of aryl methyl sites for hydroxylation is 1. The number of carbonyl (C=O) groups is 2. The van der Waals surface area contributed by atoms with Crippen molar-refractivity contribution in [2.45, 2.75) is 26.2 Å². The molecule has 0 aliphatic rings. The number of ether oxygens (including phenoxy) is 2. The van der Waals surface area contributed by atoms with Crippen molar-refractivity contribution >= 4 is 23.2 Å². The summed E-state index contributed by atoms with van der Waals surface area (Å²) in [5, 5.41) is 3.03. The van der Waals surface area contributed by atoms with E-state index in [2.05, 4.69) is 12.2 Å². The van der Waals surface area contributed by atoms with E-state index in [1.807, 2.05) is 30.3 Å². The van der Waals surface area contributed by atoms with Crippen LogP contribution < -0.4 is 5.32 Å². The molecule has 2 aromatic rings. The Bertz CT molecular complexity index is 795. The molecule has 142 valence electrons. The number of anilines is 1. The van der Waals surface area contributed by atoms with Crippen molar-refractivity contribution in [1.29, 1.82) is 0 Å². The summed E-state index contributed by atoms with van der Waals surface area (Å²) in [6.45, 7) is 2.15. The highest BCUT2D eigenvalue weighted by molar-refractivity contribution is 6.23. The van der Waals surface area contributed by atoms with Crippen LogP contribution in [0.15, 0.2) is 60.3 Å². The summed E-state index contributed by atoms with van der Waals surface area (Å²) in [7, 11) is 2.56. The van der Waals surface area contributed by atoms with Crippen molar-refractivity contribution in [3.8, 4) is 0 Å². The van der Waals surface area contributed by atoms with Crippen molar-refractivity contribution in [2.75, 3.05) is 19.5 Å². The summed E-state index contributed by atoms with van der Waals surface area (Å²) in [6.07, 6.45) is 3.27. The maximum absolute atomic E-state index is 12.4. The topological polar surface area (TPSA) is 64.6 Å². The second kappa shape index (κ2) is 10.2. The minimum absolute atomic E-state index is 0.0388. The van der Waals surface area contributed by atoms with Crippen LogP contribution in [0.3, 0.4) is 0 Å². The Hall–Kier alpha value is -3.08. The summed E-state index contributed by atoms with van der Waals surface area (Å²) in [6, 6.07) is 16.7. The molecule has 0 amide bonds. The Morgan fingerprint density at radius 1 is 0.889 bits per heavy atom. The molecule has 0 bridgehead atoms. The zero-order valence-corrected chi connectivity index (χ0v) is 16.0. The number of hydrogen-bond donors (Lipinski definition) is 1. The SMILES string of the molecule is CCCCc1ccc(N/C(C(=O)OC)=C(\C(=O)OC)c2ccccc2)cc1. The first-order chi connectivity index (χ1) is 13.1. The molecule has 0 atom stereocenters. The van der Waals surface area contributed by atoms with Gasteiger partial charge in [-0.15, -0.1) is 0 Å². The van der Waals surface area contributed by atoms with Gasteiger partial charge in [0, 0.05) is 5.69 Å². The third kappa shape index (κ3) is 5.45. The monoisotopic (exact) mass is 367 g/mol. The normalized spacial score (nSPS) is 11.4. The predicted molar refractivity (Wildman–Crippen MR) is 106 cm³/mol. The summed E-state index contributed by atoms with van der Waals surface area (Å²) >= 11 is 0. The first kappa shape index (κ1) is 20.2. The van der Waals surface area contributed by atoms with E-state index in [9.17, 15) is 9.59 Å². The number of methoxy groups -OCH3 is 2. The fraction of sp³-hybridized carbons (Fsp3) is 0.273. The van der Waals surface area contributed by atoms with E-state index >= 15 is 0 Å². The van der Waals surface area contributed by atoms with Crippen molar-refractivity contribution in [1.82, 2.24) is 0 Å². The smallest absolute Gasteiger partial charge is 0.355 e. The molecule has 0 aliphatic heterocycles. The fourth-order valence-electron chi connectivity index (χ4n) is 2.67. The van der Waals surface area contributed by atoms with Crippen LogP contribution in [0.25, 0.3) is 5.57 Å². The molecule has 5 heteroatoms. The van der Waals surface area contributed by atoms with Gasteiger partial charge in [-0.3, -0.25) is 0 Å². The molecule has 0 saturated carbocycles. The third-order valence-electron chi connectivity index (χ3n) is 4.13. The Labute approximate surface area is 160 Å². The van der Waals surface area contributed by atoms with Gasteiger partial charge in [0.05, 0.1) is 19.8 Å². The minimum atomic E-state index is -0.644. The summed E-state index contributed by atoms with van der Waals surface area (Å²) < 4.78 is 9.79. The number of nitrogens with one attached hydrogen (secondary N) is 1. The quantitative estimate of drug-likeness (QED) is 0.560. The van der Waals surface area contributed by atoms with Crippen LogP contribution in [0.2, 0.25) is 0 Å². The Morgan fingerprint density at radius 3 is 2.07 bits per heavy atom. The highest BCUT2D eigenvalue weighted by atomic mass is 16.5. The summed E-state index contributed by atoms with van der Waals surface area (Å²) in [5.74, 6) is -1.26. The Balaban J connectivity index is 2.44. The number of hydrogen-bond acceptors (Lipinski definition) is 5. The minimum Gasteiger partial charge on any atom is -0.465 e. The molecule has 0 saturated heterocycles. The van der Waals surface area contributed by atoms with E-state index in [0.717, 1.165) is 19.3 Å². The van der Waals surface area contributed by atoms with Gasteiger partial charge in [-0.2, -0.15) is 0 Å². The molecule has 0 unspecified atom stereocenters. The van der Waals surface area contributed by atoms with Gasteiger partial charge in [-0.1, -0.05) is 55.8 Å². The predicted octanol–water partition coefficient (Wildman–Crippen LogP) is 4.20.